The van der Waals surface area contributed by atoms with Crippen LogP contribution in [0.4, 0.5) is 16.2 Å². The van der Waals surface area contributed by atoms with Gasteiger partial charge < -0.3 is 24.5 Å². The Bertz CT molecular complexity index is 1520. The number of amides is 2. The molecule has 0 aliphatic carbocycles. The summed E-state index contributed by atoms with van der Waals surface area (Å²) >= 11 is 0. The summed E-state index contributed by atoms with van der Waals surface area (Å²) in [6, 6.07) is 20.6. The number of hydrogen-bond acceptors (Lipinski definition) is 6. The first-order chi connectivity index (χ1) is 18.0. The Balaban J connectivity index is 1.19. The fraction of sp³-hybridized carbons (Fsp3) is 0.143. The molecule has 0 aliphatic heterocycles. The normalized spacial score (nSPS) is 10.8. The van der Waals surface area contributed by atoms with Crippen molar-refractivity contribution in [3.05, 3.63) is 95.9 Å². The van der Waals surface area contributed by atoms with Crippen LogP contribution < -0.4 is 15.4 Å². The maximum atomic E-state index is 12.4. The molecular weight excluding hydrogens is 468 g/mol. The van der Waals surface area contributed by atoms with Crippen molar-refractivity contribution in [1.82, 2.24) is 19.7 Å². The van der Waals surface area contributed by atoms with E-state index in [4.69, 9.17) is 9.26 Å². The highest BCUT2D eigenvalue weighted by atomic mass is 16.5. The van der Waals surface area contributed by atoms with Crippen LogP contribution in [0.1, 0.15) is 16.7 Å². The third-order valence-corrected chi connectivity index (χ3v) is 5.97. The average Bonchev–Trinajstić information content (AvgIpc) is 3.58. The number of methoxy groups -OCH3 is 1. The SMILES string of the molecule is COc1ccc(-c2noc(-c3cn(Cc4ccc(NC(=O)Nc5ccc(C)c(C)c5)cc4)cn3)n2)cc1. The molecule has 2 amide bonds. The van der Waals surface area contributed by atoms with Gasteiger partial charge in [0.2, 0.25) is 5.82 Å². The zero-order valence-corrected chi connectivity index (χ0v) is 20.7. The van der Waals surface area contributed by atoms with E-state index in [1.54, 1.807) is 13.4 Å². The lowest BCUT2D eigenvalue weighted by molar-refractivity contribution is 0.262. The summed E-state index contributed by atoms with van der Waals surface area (Å²) in [6.45, 7) is 4.65. The van der Waals surface area contributed by atoms with E-state index in [-0.39, 0.29) is 6.03 Å². The first-order valence-corrected chi connectivity index (χ1v) is 11.7. The minimum absolute atomic E-state index is 0.288. The van der Waals surface area contributed by atoms with Crippen LogP contribution in [-0.4, -0.2) is 32.8 Å². The quantitative estimate of drug-likeness (QED) is 0.291. The monoisotopic (exact) mass is 494 g/mol. The number of hydrogen-bond donors (Lipinski definition) is 2. The highest BCUT2D eigenvalue weighted by Crippen LogP contribution is 2.23. The number of anilines is 2. The van der Waals surface area contributed by atoms with E-state index in [1.165, 1.54) is 5.56 Å². The molecule has 0 saturated carbocycles. The molecule has 0 unspecified atom stereocenters. The van der Waals surface area contributed by atoms with E-state index in [1.807, 2.05) is 91.3 Å². The van der Waals surface area contributed by atoms with E-state index in [9.17, 15) is 4.79 Å². The summed E-state index contributed by atoms with van der Waals surface area (Å²) in [4.78, 5) is 21.2. The second-order valence-corrected chi connectivity index (χ2v) is 8.66. The summed E-state index contributed by atoms with van der Waals surface area (Å²) in [7, 11) is 1.62. The van der Waals surface area contributed by atoms with Gasteiger partial charge in [-0.15, -0.1) is 0 Å². The molecule has 9 nitrogen and oxygen atoms in total. The summed E-state index contributed by atoms with van der Waals surface area (Å²) < 4.78 is 12.5. The molecule has 5 aromatic rings. The third-order valence-electron chi connectivity index (χ3n) is 5.97. The van der Waals surface area contributed by atoms with Gasteiger partial charge in [0.15, 0.2) is 0 Å². The lowest BCUT2D eigenvalue weighted by atomic mass is 10.1. The first kappa shape index (κ1) is 23.8. The number of benzene rings is 3. The maximum Gasteiger partial charge on any atom is 0.323 e. The topological polar surface area (TPSA) is 107 Å². The Kier molecular flexibility index (Phi) is 6.67. The highest BCUT2D eigenvalue weighted by molar-refractivity contribution is 5.99. The minimum atomic E-state index is -0.288. The second-order valence-electron chi connectivity index (χ2n) is 8.66. The van der Waals surface area contributed by atoms with Gasteiger partial charge in [-0.25, -0.2) is 9.78 Å². The Hall–Kier alpha value is -4.92. The summed E-state index contributed by atoms with van der Waals surface area (Å²) in [5, 5.41) is 9.78. The molecule has 5 rings (SSSR count). The van der Waals surface area contributed by atoms with Crippen LogP contribution in [0, 0.1) is 13.8 Å². The first-order valence-electron chi connectivity index (χ1n) is 11.7. The van der Waals surface area contributed by atoms with Gasteiger partial charge in [0, 0.05) is 29.7 Å². The molecule has 0 bridgehead atoms. The van der Waals surface area contributed by atoms with Crippen molar-refractivity contribution in [3.63, 3.8) is 0 Å². The van der Waals surface area contributed by atoms with E-state index in [0.29, 0.717) is 29.6 Å². The van der Waals surface area contributed by atoms with Crippen molar-refractivity contribution >= 4 is 17.4 Å². The largest absolute Gasteiger partial charge is 0.497 e. The molecule has 9 heteroatoms. The number of aromatic nitrogens is 4. The van der Waals surface area contributed by atoms with Crippen molar-refractivity contribution in [3.8, 4) is 28.7 Å². The van der Waals surface area contributed by atoms with Crippen LogP contribution in [0.3, 0.4) is 0 Å². The van der Waals surface area contributed by atoms with E-state index >= 15 is 0 Å². The van der Waals surface area contributed by atoms with Crippen molar-refractivity contribution in [2.75, 3.05) is 17.7 Å². The van der Waals surface area contributed by atoms with Gasteiger partial charge in [0.25, 0.3) is 5.89 Å². The van der Waals surface area contributed by atoms with E-state index in [2.05, 4.69) is 25.8 Å². The molecule has 186 valence electrons. The maximum absolute atomic E-state index is 12.4. The molecule has 0 aliphatic rings. The summed E-state index contributed by atoms with van der Waals surface area (Å²) in [5.41, 5.74) is 6.23. The molecular formula is C28H26N6O3. The Labute approximate surface area is 214 Å². The van der Waals surface area contributed by atoms with Gasteiger partial charge in [-0.05, 0) is 79.1 Å². The van der Waals surface area contributed by atoms with Crippen molar-refractivity contribution in [2.45, 2.75) is 20.4 Å². The molecule has 3 aromatic carbocycles. The fourth-order valence-corrected chi connectivity index (χ4v) is 3.76. The Morgan fingerprint density at radius 2 is 1.68 bits per heavy atom. The predicted molar refractivity (Wildman–Crippen MR) is 142 cm³/mol. The van der Waals surface area contributed by atoms with Crippen LogP contribution in [0.15, 0.2) is 83.8 Å². The van der Waals surface area contributed by atoms with Crippen molar-refractivity contribution in [1.29, 1.82) is 0 Å². The predicted octanol–water partition coefficient (Wildman–Crippen LogP) is 5.92. The fourth-order valence-electron chi connectivity index (χ4n) is 3.76. The molecule has 2 heterocycles. The highest BCUT2D eigenvalue weighted by Gasteiger charge is 2.13. The van der Waals surface area contributed by atoms with Crippen LogP contribution in [0.25, 0.3) is 23.0 Å². The number of imidazole rings is 1. The standard InChI is InChI=1S/C28H26N6O3/c1-18-4-9-23(14-19(18)2)31-28(35)30-22-10-5-20(6-11-22)15-34-16-25(29-17-34)27-32-26(33-37-27)21-7-12-24(36-3)13-8-21/h4-14,16-17H,15H2,1-3H3,(H2,30,31,35). The number of ether oxygens (including phenoxy) is 1. The van der Waals surface area contributed by atoms with E-state index in [0.717, 1.165) is 28.1 Å². The zero-order chi connectivity index (χ0) is 25.8. The van der Waals surface area contributed by atoms with Crippen LogP contribution in [-0.2, 0) is 6.54 Å². The number of urea groups is 1. The van der Waals surface area contributed by atoms with Crippen LogP contribution in [0.5, 0.6) is 5.75 Å². The lowest BCUT2D eigenvalue weighted by Crippen LogP contribution is -2.19. The molecule has 0 atom stereocenters. The number of rotatable bonds is 7. The molecule has 37 heavy (non-hydrogen) atoms. The number of carbonyl (C=O) groups is 1. The van der Waals surface area contributed by atoms with Gasteiger partial charge >= 0.3 is 6.03 Å². The molecule has 0 saturated heterocycles. The van der Waals surface area contributed by atoms with Crippen molar-refractivity contribution in [2.24, 2.45) is 0 Å². The van der Waals surface area contributed by atoms with Gasteiger partial charge in [-0.3, -0.25) is 0 Å². The average molecular weight is 495 g/mol. The lowest BCUT2D eigenvalue weighted by Gasteiger charge is -2.10. The minimum Gasteiger partial charge on any atom is -0.497 e. The molecule has 2 aromatic heterocycles. The summed E-state index contributed by atoms with van der Waals surface area (Å²) in [5.74, 6) is 1.59. The van der Waals surface area contributed by atoms with Crippen molar-refractivity contribution < 1.29 is 14.1 Å². The molecule has 0 spiro atoms. The second kappa shape index (κ2) is 10.4. The number of nitrogens with zero attached hydrogens (tertiary/aromatic N) is 4. The molecule has 2 N–H and O–H groups in total. The smallest absolute Gasteiger partial charge is 0.323 e. The third kappa shape index (κ3) is 5.67. The van der Waals surface area contributed by atoms with Crippen LogP contribution >= 0.6 is 0 Å². The molecule has 0 radical (unpaired) electrons. The van der Waals surface area contributed by atoms with Gasteiger partial charge in [0.05, 0.1) is 13.4 Å². The number of aryl methyl sites for hydroxylation is 2. The molecule has 0 fully saturated rings. The summed E-state index contributed by atoms with van der Waals surface area (Å²) in [6.07, 6.45) is 3.57. The van der Waals surface area contributed by atoms with E-state index < -0.39 is 0 Å². The Morgan fingerprint density at radius 3 is 2.41 bits per heavy atom. The van der Waals surface area contributed by atoms with Gasteiger partial charge in [-0.2, -0.15) is 4.98 Å². The van der Waals surface area contributed by atoms with Gasteiger partial charge in [0.1, 0.15) is 11.4 Å². The number of nitrogens with one attached hydrogen (secondary N) is 2. The zero-order valence-electron chi connectivity index (χ0n) is 20.7. The van der Waals surface area contributed by atoms with Crippen LogP contribution in [0.2, 0.25) is 0 Å². The number of carbonyl (C=O) groups excluding carboxylic acids is 1. The van der Waals surface area contributed by atoms with Gasteiger partial charge in [-0.1, -0.05) is 23.4 Å². The Morgan fingerprint density at radius 1 is 0.946 bits per heavy atom.